The van der Waals surface area contributed by atoms with Crippen molar-refractivity contribution in [2.45, 2.75) is 13.5 Å². The highest BCUT2D eigenvalue weighted by molar-refractivity contribution is 6.08. The largest absolute Gasteiger partial charge is 0.507 e. The van der Waals surface area contributed by atoms with Gasteiger partial charge in [-0.3, -0.25) is 4.79 Å². The molecule has 3 aromatic carbocycles. The van der Waals surface area contributed by atoms with Crippen LogP contribution in [-0.2, 0) is 6.61 Å². The van der Waals surface area contributed by atoms with Crippen LogP contribution in [0.5, 0.6) is 11.5 Å². The smallest absolute Gasteiger partial charge is 0.193 e. The van der Waals surface area contributed by atoms with E-state index in [1.165, 1.54) is 12.1 Å². The highest BCUT2D eigenvalue weighted by Crippen LogP contribution is 2.29. The number of benzene rings is 3. The van der Waals surface area contributed by atoms with Gasteiger partial charge in [0.2, 0.25) is 0 Å². The molecule has 0 bridgehead atoms. The number of aromatic hydroxyl groups is 1. The number of hydrogen-bond donors (Lipinski definition) is 1. The van der Waals surface area contributed by atoms with E-state index in [2.05, 4.69) is 0 Å². The average Bonchev–Trinajstić information content (AvgIpc) is 2.72. The molecule has 0 atom stereocenters. The molecule has 0 amide bonds. The van der Waals surface area contributed by atoms with Gasteiger partial charge in [-0.25, -0.2) is 0 Å². The van der Waals surface area contributed by atoms with E-state index in [1.54, 1.807) is 18.2 Å². The minimum absolute atomic E-state index is 0.0927. The number of rotatable bonds is 7. The molecular weight excluding hydrogens is 348 g/mol. The van der Waals surface area contributed by atoms with Gasteiger partial charge in [0.15, 0.2) is 5.78 Å². The Hall–Kier alpha value is -3.59. The second-order valence-electron chi connectivity index (χ2n) is 6.42. The molecule has 0 aliphatic carbocycles. The molecule has 0 aromatic heterocycles. The summed E-state index contributed by atoms with van der Waals surface area (Å²) >= 11 is 0. The van der Waals surface area contributed by atoms with Crippen LogP contribution in [0.3, 0.4) is 0 Å². The quantitative estimate of drug-likeness (QED) is 0.324. The van der Waals surface area contributed by atoms with Crippen molar-refractivity contribution in [3.8, 4) is 11.5 Å². The van der Waals surface area contributed by atoms with Crippen LogP contribution < -0.4 is 4.74 Å². The maximum Gasteiger partial charge on any atom is 0.193 e. The summed E-state index contributed by atoms with van der Waals surface area (Å²) in [6.07, 6.45) is 5.18. The second-order valence-corrected chi connectivity index (χ2v) is 6.42. The maximum atomic E-state index is 12.7. The average molecular weight is 370 g/mol. The number of hydrogen-bond acceptors (Lipinski definition) is 3. The Balaban J connectivity index is 1.76. The number of phenols is 1. The third-order valence-electron chi connectivity index (χ3n) is 4.18. The number of ketones is 1. The van der Waals surface area contributed by atoms with Crippen molar-refractivity contribution in [2.24, 2.45) is 0 Å². The normalized spacial score (nSPS) is 11.5. The van der Waals surface area contributed by atoms with E-state index in [4.69, 9.17) is 4.74 Å². The minimum Gasteiger partial charge on any atom is -0.507 e. The molecule has 0 fully saturated rings. The van der Waals surface area contributed by atoms with E-state index < -0.39 is 0 Å². The van der Waals surface area contributed by atoms with Gasteiger partial charge in [-0.2, -0.15) is 0 Å². The van der Waals surface area contributed by atoms with Gasteiger partial charge in [-0.15, -0.1) is 0 Å². The van der Waals surface area contributed by atoms with Crippen LogP contribution in [0.25, 0.3) is 6.08 Å². The highest BCUT2D eigenvalue weighted by atomic mass is 16.5. The van der Waals surface area contributed by atoms with Gasteiger partial charge in [0.25, 0.3) is 0 Å². The zero-order chi connectivity index (χ0) is 19.8. The lowest BCUT2D eigenvalue weighted by atomic mass is 10.1. The molecule has 3 nitrogen and oxygen atoms in total. The Morgan fingerprint density at radius 3 is 2.29 bits per heavy atom. The first kappa shape index (κ1) is 19.2. The van der Waals surface area contributed by atoms with Gasteiger partial charge in [0, 0.05) is 0 Å². The number of carbonyl (C=O) groups is 1. The Morgan fingerprint density at radius 1 is 0.893 bits per heavy atom. The SMILES string of the molecule is CC(/C=C/C(=O)c1c(O)cccc1OCc1ccccc1)=C\c1ccccc1. The van der Waals surface area contributed by atoms with Crippen LogP contribution >= 0.6 is 0 Å². The fourth-order valence-electron chi connectivity index (χ4n) is 2.77. The number of ether oxygens (including phenoxy) is 1. The number of allylic oxidation sites excluding steroid dienone is 3. The standard InChI is InChI=1S/C25H22O3/c1-19(17-20-9-4-2-5-10-20)15-16-23(27)25-22(26)13-8-14-24(25)28-18-21-11-6-3-7-12-21/h2-17,26H,18H2,1H3/b16-15+,19-17+. The third-order valence-corrected chi connectivity index (χ3v) is 4.18. The molecule has 140 valence electrons. The summed E-state index contributed by atoms with van der Waals surface area (Å²) in [5.41, 5.74) is 3.15. The van der Waals surface area contributed by atoms with Gasteiger partial charge in [-0.05, 0) is 36.3 Å². The summed E-state index contributed by atoms with van der Waals surface area (Å²) in [6.45, 7) is 2.25. The van der Waals surface area contributed by atoms with Crippen LogP contribution in [0.1, 0.15) is 28.4 Å². The topological polar surface area (TPSA) is 46.5 Å². The van der Waals surface area contributed by atoms with Crippen molar-refractivity contribution in [2.75, 3.05) is 0 Å². The fraction of sp³-hybridized carbons (Fsp3) is 0.0800. The molecule has 0 radical (unpaired) electrons. The fourth-order valence-corrected chi connectivity index (χ4v) is 2.77. The molecule has 0 aliphatic heterocycles. The molecule has 3 rings (SSSR count). The van der Waals surface area contributed by atoms with E-state index in [9.17, 15) is 9.90 Å². The van der Waals surface area contributed by atoms with Crippen molar-refractivity contribution in [3.63, 3.8) is 0 Å². The molecule has 0 unspecified atom stereocenters. The molecule has 3 aromatic rings. The van der Waals surface area contributed by atoms with E-state index in [0.717, 1.165) is 16.7 Å². The Morgan fingerprint density at radius 2 is 1.57 bits per heavy atom. The van der Waals surface area contributed by atoms with Crippen LogP contribution in [0.4, 0.5) is 0 Å². The first-order valence-electron chi connectivity index (χ1n) is 9.08. The van der Waals surface area contributed by atoms with E-state index >= 15 is 0 Å². The zero-order valence-corrected chi connectivity index (χ0v) is 15.7. The van der Waals surface area contributed by atoms with Crippen LogP contribution in [0, 0.1) is 0 Å². The van der Waals surface area contributed by atoms with Crippen molar-refractivity contribution in [3.05, 3.63) is 113 Å². The lowest BCUT2D eigenvalue weighted by molar-refractivity contribution is 0.104. The van der Waals surface area contributed by atoms with E-state index in [1.807, 2.05) is 73.7 Å². The van der Waals surface area contributed by atoms with Gasteiger partial charge in [0.05, 0.1) is 0 Å². The molecule has 0 aliphatic rings. The molecule has 0 saturated carbocycles. The lowest BCUT2D eigenvalue weighted by Gasteiger charge is -2.11. The number of carbonyl (C=O) groups excluding carboxylic acids is 1. The molecule has 0 saturated heterocycles. The van der Waals surface area contributed by atoms with Crippen LogP contribution in [-0.4, -0.2) is 10.9 Å². The van der Waals surface area contributed by atoms with Crippen molar-refractivity contribution in [1.82, 2.24) is 0 Å². The van der Waals surface area contributed by atoms with Gasteiger partial charge >= 0.3 is 0 Å². The summed E-state index contributed by atoms with van der Waals surface area (Å²) < 4.78 is 5.80. The van der Waals surface area contributed by atoms with Crippen LogP contribution in [0.15, 0.2) is 96.6 Å². The van der Waals surface area contributed by atoms with Crippen molar-refractivity contribution >= 4 is 11.9 Å². The Labute approximate surface area is 165 Å². The minimum atomic E-state index is -0.304. The first-order valence-corrected chi connectivity index (χ1v) is 9.08. The van der Waals surface area contributed by atoms with Crippen molar-refractivity contribution in [1.29, 1.82) is 0 Å². The molecular formula is C25H22O3. The Bertz CT molecular complexity index is 987. The second kappa shape index (κ2) is 9.38. The predicted octanol–water partition coefficient (Wildman–Crippen LogP) is 5.81. The summed E-state index contributed by atoms with van der Waals surface area (Å²) in [4.78, 5) is 12.7. The van der Waals surface area contributed by atoms with Gasteiger partial charge in [-0.1, -0.05) is 84.5 Å². The van der Waals surface area contributed by atoms with E-state index in [0.29, 0.717) is 12.4 Å². The highest BCUT2D eigenvalue weighted by Gasteiger charge is 2.15. The summed E-state index contributed by atoms with van der Waals surface area (Å²) in [5, 5.41) is 10.2. The van der Waals surface area contributed by atoms with Gasteiger partial charge < -0.3 is 9.84 Å². The third kappa shape index (κ3) is 5.21. The molecule has 28 heavy (non-hydrogen) atoms. The molecule has 1 N–H and O–H groups in total. The summed E-state index contributed by atoms with van der Waals surface area (Å²) in [6, 6.07) is 24.4. The predicted molar refractivity (Wildman–Crippen MR) is 112 cm³/mol. The van der Waals surface area contributed by atoms with E-state index in [-0.39, 0.29) is 17.1 Å². The summed E-state index contributed by atoms with van der Waals surface area (Å²) in [5.74, 6) is -0.0323. The first-order chi connectivity index (χ1) is 13.6. The number of phenolic OH excluding ortho intramolecular Hbond substituents is 1. The van der Waals surface area contributed by atoms with Crippen molar-refractivity contribution < 1.29 is 14.6 Å². The molecule has 0 spiro atoms. The molecule has 0 heterocycles. The zero-order valence-electron chi connectivity index (χ0n) is 15.7. The lowest BCUT2D eigenvalue weighted by Crippen LogP contribution is -2.03. The maximum absolute atomic E-state index is 12.7. The molecule has 3 heteroatoms. The summed E-state index contributed by atoms with van der Waals surface area (Å²) in [7, 11) is 0. The van der Waals surface area contributed by atoms with Crippen LogP contribution in [0.2, 0.25) is 0 Å². The van der Waals surface area contributed by atoms with Gasteiger partial charge in [0.1, 0.15) is 23.7 Å². The monoisotopic (exact) mass is 370 g/mol. The Kier molecular flexibility index (Phi) is 6.42.